The van der Waals surface area contributed by atoms with E-state index in [1.807, 2.05) is 36.1 Å². The minimum atomic E-state index is -0.628. The van der Waals surface area contributed by atoms with Gasteiger partial charge in [-0.2, -0.15) is 0 Å². The van der Waals surface area contributed by atoms with Gasteiger partial charge in [0.2, 0.25) is 0 Å². The zero-order valence-electron chi connectivity index (χ0n) is 14.6. The molecule has 130 valence electrons. The molecule has 5 heteroatoms. The number of fused-ring (bicyclic) bond motifs is 3. The van der Waals surface area contributed by atoms with E-state index in [2.05, 4.69) is 29.3 Å². The van der Waals surface area contributed by atoms with E-state index in [1.165, 1.54) is 22.3 Å². The molecule has 0 spiro atoms. The highest BCUT2D eigenvalue weighted by Crippen LogP contribution is 2.32. The molecule has 0 saturated carbocycles. The van der Waals surface area contributed by atoms with Gasteiger partial charge in [-0.15, -0.1) is 4.99 Å². The smallest absolute Gasteiger partial charge is 0.438 e. The number of hydrogen-bond acceptors (Lipinski definition) is 3. The van der Waals surface area contributed by atoms with Crippen LogP contribution in [0.25, 0.3) is 11.1 Å². The van der Waals surface area contributed by atoms with E-state index in [0.29, 0.717) is 25.7 Å². The Hall–Kier alpha value is -2.82. The van der Waals surface area contributed by atoms with Crippen LogP contribution in [0, 0.1) is 0 Å². The normalized spacial score (nSPS) is 13.5. The van der Waals surface area contributed by atoms with Gasteiger partial charge in [0.05, 0.1) is 13.2 Å². The maximum absolute atomic E-state index is 11.8. The lowest BCUT2D eigenvalue weighted by Crippen LogP contribution is -2.32. The fourth-order valence-electron chi connectivity index (χ4n) is 3.00. The summed E-state index contributed by atoms with van der Waals surface area (Å²) in [5.74, 6) is 0. The molecule has 1 amide bonds. The fraction of sp³-hybridized carbons (Fsp3) is 0.300. The van der Waals surface area contributed by atoms with Crippen molar-refractivity contribution in [2.45, 2.75) is 26.9 Å². The van der Waals surface area contributed by atoms with Crippen LogP contribution in [0.5, 0.6) is 0 Å². The predicted octanol–water partition coefficient (Wildman–Crippen LogP) is 4.22. The summed E-state index contributed by atoms with van der Waals surface area (Å²) >= 11 is 0. The van der Waals surface area contributed by atoms with Crippen molar-refractivity contribution in [2.75, 3.05) is 13.2 Å². The molecular weight excluding hydrogens is 316 g/mol. The number of carbonyl (C=O) groups excluding carboxylic acids is 1. The Labute approximate surface area is 147 Å². The van der Waals surface area contributed by atoms with Crippen LogP contribution in [0.2, 0.25) is 0 Å². The molecule has 1 aliphatic rings. The second kappa shape index (κ2) is 7.83. The van der Waals surface area contributed by atoms with Crippen molar-refractivity contribution in [3.8, 4) is 11.1 Å². The molecule has 1 heterocycles. The highest BCUT2D eigenvalue weighted by Gasteiger charge is 2.23. The first kappa shape index (κ1) is 17.0. The monoisotopic (exact) mass is 338 g/mol. The van der Waals surface area contributed by atoms with Crippen LogP contribution in [-0.2, 0) is 22.6 Å². The van der Waals surface area contributed by atoms with Gasteiger partial charge in [-0.05, 0) is 36.1 Å². The third-order valence-corrected chi connectivity index (χ3v) is 4.05. The number of carbonyl (C=O) groups is 1. The van der Waals surface area contributed by atoms with Crippen LogP contribution in [0.1, 0.15) is 25.0 Å². The molecule has 2 aromatic rings. The lowest BCUT2D eigenvalue weighted by Gasteiger charge is -2.24. The largest absolute Gasteiger partial charge is 0.465 e. The second-order valence-corrected chi connectivity index (χ2v) is 5.70. The van der Waals surface area contributed by atoms with E-state index in [-0.39, 0.29) is 6.61 Å². The van der Waals surface area contributed by atoms with Gasteiger partial charge in [0, 0.05) is 13.1 Å². The van der Waals surface area contributed by atoms with Crippen LogP contribution in [0.3, 0.4) is 0 Å². The summed E-state index contributed by atoms with van der Waals surface area (Å²) < 4.78 is 10.6. The lowest BCUT2D eigenvalue weighted by atomic mass is 9.97. The van der Waals surface area contributed by atoms with Gasteiger partial charge < -0.3 is 14.4 Å². The first-order valence-corrected chi connectivity index (χ1v) is 8.52. The molecular formula is C20H22N2O3. The van der Waals surface area contributed by atoms with Crippen LogP contribution < -0.4 is 0 Å². The van der Waals surface area contributed by atoms with Gasteiger partial charge in [0.25, 0.3) is 6.02 Å². The summed E-state index contributed by atoms with van der Waals surface area (Å²) in [7, 11) is 0. The number of nitrogens with zero attached hydrogens (tertiary/aromatic N) is 2. The minimum Gasteiger partial charge on any atom is -0.465 e. The number of aliphatic imine (C=N–C) groups is 1. The van der Waals surface area contributed by atoms with Gasteiger partial charge in [-0.1, -0.05) is 48.5 Å². The van der Waals surface area contributed by atoms with Gasteiger partial charge >= 0.3 is 6.09 Å². The molecule has 0 saturated heterocycles. The van der Waals surface area contributed by atoms with E-state index in [9.17, 15) is 4.79 Å². The molecule has 5 nitrogen and oxygen atoms in total. The van der Waals surface area contributed by atoms with Crippen LogP contribution in [-0.4, -0.2) is 30.2 Å². The van der Waals surface area contributed by atoms with E-state index in [0.717, 1.165) is 0 Å². The van der Waals surface area contributed by atoms with Crippen molar-refractivity contribution in [3.63, 3.8) is 0 Å². The van der Waals surface area contributed by atoms with Crippen molar-refractivity contribution in [1.29, 1.82) is 0 Å². The first-order chi connectivity index (χ1) is 12.2. The quantitative estimate of drug-likeness (QED) is 0.608. The summed E-state index contributed by atoms with van der Waals surface area (Å²) in [5.41, 5.74) is 4.74. The van der Waals surface area contributed by atoms with Crippen molar-refractivity contribution in [2.24, 2.45) is 4.99 Å². The molecule has 0 aliphatic carbocycles. The molecule has 2 aromatic carbocycles. The highest BCUT2D eigenvalue weighted by atomic mass is 16.6. The summed E-state index contributed by atoms with van der Waals surface area (Å²) in [5, 5.41) is 0. The van der Waals surface area contributed by atoms with E-state index < -0.39 is 6.09 Å². The predicted molar refractivity (Wildman–Crippen MR) is 97.2 cm³/mol. The molecule has 0 N–H and O–H groups in total. The van der Waals surface area contributed by atoms with Crippen molar-refractivity contribution < 1.29 is 14.3 Å². The van der Waals surface area contributed by atoms with Crippen LogP contribution in [0.15, 0.2) is 53.5 Å². The van der Waals surface area contributed by atoms with E-state index in [1.54, 1.807) is 6.92 Å². The van der Waals surface area contributed by atoms with Crippen LogP contribution >= 0.6 is 0 Å². The number of amidine groups is 1. The summed E-state index contributed by atoms with van der Waals surface area (Å²) in [6, 6.07) is 16.9. The van der Waals surface area contributed by atoms with Crippen molar-refractivity contribution in [3.05, 3.63) is 59.7 Å². The summed E-state index contributed by atoms with van der Waals surface area (Å²) in [6.45, 7) is 5.57. The fourth-order valence-corrected chi connectivity index (χ4v) is 3.00. The van der Waals surface area contributed by atoms with Gasteiger partial charge in [0.1, 0.15) is 0 Å². The molecule has 0 fully saturated rings. The molecule has 0 bridgehead atoms. The summed E-state index contributed by atoms with van der Waals surface area (Å²) in [6.07, 6.45) is -0.628. The van der Waals surface area contributed by atoms with Crippen LogP contribution in [0.4, 0.5) is 4.79 Å². The average molecular weight is 338 g/mol. The second-order valence-electron chi connectivity index (χ2n) is 5.70. The first-order valence-electron chi connectivity index (χ1n) is 8.52. The molecule has 0 atom stereocenters. The SMILES string of the molecule is CCOC(=O)/N=C(\OCC)N1Cc2ccccc2-c2ccccc2C1. The molecule has 25 heavy (non-hydrogen) atoms. The Balaban J connectivity index is 2.02. The Morgan fingerprint density at radius 1 is 0.920 bits per heavy atom. The number of ether oxygens (including phenoxy) is 2. The molecule has 0 aromatic heterocycles. The molecule has 0 unspecified atom stereocenters. The Bertz CT molecular complexity index is 739. The van der Waals surface area contributed by atoms with Gasteiger partial charge in [0.15, 0.2) is 0 Å². The maximum Gasteiger partial charge on any atom is 0.438 e. The van der Waals surface area contributed by atoms with E-state index in [4.69, 9.17) is 9.47 Å². The van der Waals surface area contributed by atoms with Gasteiger partial charge in [-0.3, -0.25) is 0 Å². The van der Waals surface area contributed by atoms with E-state index >= 15 is 0 Å². The van der Waals surface area contributed by atoms with Crippen molar-refractivity contribution in [1.82, 2.24) is 4.90 Å². The van der Waals surface area contributed by atoms with Gasteiger partial charge in [-0.25, -0.2) is 4.79 Å². The topological polar surface area (TPSA) is 51.1 Å². The number of benzene rings is 2. The third kappa shape index (κ3) is 3.82. The Morgan fingerprint density at radius 3 is 1.96 bits per heavy atom. The zero-order chi connectivity index (χ0) is 17.6. The summed E-state index contributed by atoms with van der Waals surface area (Å²) in [4.78, 5) is 17.8. The Kier molecular flexibility index (Phi) is 5.33. The molecule has 3 rings (SSSR count). The number of amides is 1. The molecule has 1 aliphatic heterocycles. The maximum atomic E-state index is 11.8. The average Bonchev–Trinajstić information content (AvgIpc) is 2.78. The minimum absolute atomic E-state index is 0.285. The number of rotatable bonds is 2. The van der Waals surface area contributed by atoms with Crippen molar-refractivity contribution >= 4 is 12.1 Å². The highest BCUT2D eigenvalue weighted by molar-refractivity contribution is 5.87. The Morgan fingerprint density at radius 2 is 1.44 bits per heavy atom. The molecule has 0 radical (unpaired) electrons. The lowest BCUT2D eigenvalue weighted by molar-refractivity contribution is 0.159. The number of hydrogen-bond donors (Lipinski definition) is 0. The standard InChI is InChI=1S/C20H22N2O3/c1-3-24-19(21-20(23)25-4-2)22-13-15-9-5-7-11-17(15)18-12-8-6-10-16(18)14-22/h5-12H,3-4,13-14H2,1-2H3/b21-19-. The zero-order valence-corrected chi connectivity index (χ0v) is 14.6. The third-order valence-electron chi connectivity index (χ3n) is 4.05.